The molecule has 0 amide bonds. The van der Waals surface area contributed by atoms with E-state index in [1.165, 1.54) is 27.2 Å². The second kappa shape index (κ2) is 16.0. The Labute approximate surface area is 414 Å². The van der Waals surface area contributed by atoms with Crippen molar-refractivity contribution in [3.05, 3.63) is 255 Å². The van der Waals surface area contributed by atoms with Crippen LogP contribution in [-0.2, 0) is 0 Å². The fourth-order valence-corrected chi connectivity index (χ4v) is 11.5. The average Bonchev–Trinajstić information content (AvgIpc) is 4.14. The van der Waals surface area contributed by atoms with Crippen LogP contribution in [0.25, 0.3) is 126 Å². The van der Waals surface area contributed by atoms with Crippen molar-refractivity contribution in [2.24, 2.45) is 0 Å². The van der Waals surface area contributed by atoms with Crippen LogP contribution in [-0.4, -0.2) is 4.57 Å². The summed E-state index contributed by atoms with van der Waals surface area (Å²) in [6.45, 7) is 0. The van der Waals surface area contributed by atoms with Crippen LogP contribution in [0.3, 0.4) is 0 Å². The van der Waals surface area contributed by atoms with E-state index in [0.29, 0.717) is 0 Å². The summed E-state index contributed by atoms with van der Waals surface area (Å²) >= 11 is 0. The van der Waals surface area contributed by atoms with Crippen LogP contribution in [0, 0.1) is 0 Å². The molecule has 0 aliphatic rings. The Balaban J connectivity index is 0.881. The average molecular weight is 919 g/mol. The van der Waals surface area contributed by atoms with Gasteiger partial charge >= 0.3 is 0 Å². The van der Waals surface area contributed by atoms with Gasteiger partial charge in [0.25, 0.3) is 0 Å². The Bertz CT molecular complexity index is 4580. The summed E-state index contributed by atoms with van der Waals surface area (Å²) in [5, 5.41) is 11.5. The van der Waals surface area contributed by atoms with Gasteiger partial charge in [-0.2, -0.15) is 0 Å². The number of benzene rings is 12. The van der Waals surface area contributed by atoms with Crippen molar-refractivity contribution in [3.8, 4) is 39.1 Å². The fourth-order valence-electron chi connectivity index (χ4n) is 11.5. The van der Waals surface area contributed by atoms with E-state index in [2.05, 4.69) is 264 Å². The van der Waals surface area contributed by atoms with Gasteiger partial charge < -0.3 is 18.3 Å². The molecule has 15 rings (SSSR count). The summed E-state index contributed by atoms with van der Waals surface area (Å²) < 4.78 is 15.7. The zero-order valence-electron chi connectivity index (χ0n) is 39.0. The van der Waals surface area contributed by atoms with Crippen LogP contribution in [0.15, 0.2) is 264 Å². The molecule has 15 aromatic rings. The number of furan rings is 2. The highest BCUT2D eigenvalue weighted by Gasteiger charge is 2.22. The number of nitrogens with zero attached hydrogens (tertiary/aromatic N) is 2. The molecular weight excluding hydrogens is 877 g/mol. The third-order valence-electron chi connectivity index (χ3n) is 14.8. The predicted molar refractivity (Wildman–Crippen MR) is 301 cm³/mol. The van der Waals surface area contributed by atoms with Crippen LogP contribution >= 0.6 is 0 Å². The third-order valence-corrected chi connectivity index (χ3v) is 14.8. The van der Waals surface area contributed by atoms with E-state index < -0.39 is 0 Å². The van der Waals surface area contributed by atoms with Gasteiger partial charge in [0.1, 0.15) is 22.3 Å². The normalized spacial score (nSPS) is 11.9. The molecule has 0 spiro atoms. The monoisotopic (exact) mass is 918 g/mol. The topological polar surface area (TPSA) is 34.5 Å². The SMILES string of the molecule is c1cc(-c2ccc(N(c3ccc(-c4cccc5oc6c7ccccc7ccc6c45)cc3)c3ccccc3-c3cccc4oc5c6ccccc6ccc5c34)cc2)cc(-n2c3ccccc3c3ccccc32)c1. The maximum Gasteiger partial charge on any atom is 0.143 e. The molecule has 336 valence electrons. The number of hydrogen-bond donors (Lipinski definition) is 0. The Morgan fingerprint density at radius 2 is 0.792 bits per heavy atom. The summed E-state index contributed by atoms with van der Waals surface area (Å²) in [6, 6.07) is 91.7. The molecule has 4 heteroatoms. The molecule has 3 heterocycles. The van der Waals surface area contributed by atoms with Crippen molar-refractivity contribution in [1.29, 1.82) is 0 Å². The van der Waals surface area contributed by atoms with E-state index in [1.807, 2.05) is 0 Å². The van der Waals surface area contributed by atoms with Gasteiger partial charge in [0.05, 0.1) is 16.7 Å². The summed E-state index contributed by atoms with van der Waals surface area (Å²) in [4.78, 5) is 2.40. The molecule has 0 N–H and O–H groups in total. The van der Waals surface area contributed by atoms with Crippen LogP contribution in [0.5, 0.6) is 0 Å². The molecule has 0 aliphatic carbocycles. The van der Waals surface area contributed by atoms with Crippen LogP contribution in [0.1, 0.15) is 0 Å². The van der Waals surface area contributed by atoms with Gasteiger partial charge in [0, 0.05) is 65.7 Å². The molecule has 0 bridgehead atoms. The van der Waals surface area contributed by atoms with Crippen molar-refractivity contribution in [2.45, 2.75) is 0 Å². The van der Waals surface area contributed by atoms with E-state index >= 15 is 0 Å². The largest absolute Gasteiger partial charge is 0.455 e. The quantitative estimate of drug-likeness (QED) is 0.160. The maximum absolute atomic E-state index is 6.73. The van der Waals surface area contributed by atoms with Crippen molar-refractivity contribution >= 4 is 104 Å². The summed E-state index contributed by atoms with van der Waals surface area (Å²) in [7, 11) is 0. The Morgan fingerprint density at radius 3 is 1.42 bits per heavy atom. The lowest BCUT2D eigenvalue weighted by atomic mass is 9.95. The molecule has 72 heavy (non-hydrogen) atoms. The molecule has 0 atom stereocenters. The standard InChI is InChI=1S/C68H42N2O2/c1-3-18-52-44(14-1)34-40-58-65-51(23-12-28-63(65)71-67(52)58)46-32-38-49(39-33-46)69(60-25-8-7-22-56(60)57-24-13-29-64-66(57)59-41-35-45-15-2-4-19-53(45)68(59)72-64)48-36-30-43(31-37-48)47-16-11-17-50(42-47)70-61-26-9-5-20-54(61)55-21-6-10-27-62(55)70/h1-42H. The van der Waals surface area contributed by atoms with Gasteiger partial charge in [0.2, 0.25) is 0 Å². The first-order valence-corrected chi connectivity index (χ1v) is 24.6. The zero-order valence-corrected chi connectivity index (χ0v) is 39.0. The third kappa shape index (κ3) is 6.19. The number of rotatable bonds is 7. The van der Waals surface area contributed by atoms with E-state index in [-0.39, 0.29) is 0 Å². The smallest absolute Gasteiger partial charge is 0.143 e. The second-order valence-corrected chi connectivity index (χ2v) is 18.8. The molecule has 0 saturated carbocycles. The van der Waals surface area contributed by atoms with Gasteiger partial charge in [-0.25, -0.2) is 0 Å². The highest BCUT2D eigenvalue weighted by atomic mass is 16.3. The summed E-state index contributed by atoms with van der Waals surface area (Å²) in [5.74, 6) is 0. The highest BCUT2D eigenvalue weighted by molar-refractivity contribution is 6.21. The van der Waals surface area contributed by atoms with E-state index in [0.717, 1.165) is 116 Å². The Hall–Kier alpha value is -9.64. The molecule has 0 radical (unpaired) electrons. The molecule has 0 saturated heterocycles. The van der Waals surface area contributed by atoms with Crippen LogP contribution in [0.4, 0.5) is 17.1 Å². The maximum atomic E-state index is 6.73. The van der Waals surface area contributed by atoms with Gasteiger partial charge in [-0.3, -0.25) is 0 Å². The number of hydrogen-bond acceptors (Lipinski definition) is 3. The van der Waals surface area contributed by atoms with Gasteiger partial charge in [-0.15, -0.1) is 0 Å². The first-order chi connectivity index (χ1) is 35.7. The second-order valence-electron chi connectivity index (χ2n) is 18.8. The zero-order chi connectivity index (χ0) is 47.3. The van der Waals surface area contributed by atoms with Gasteiger partial charge in [-0.05, 0) is 117 Å². The Morgan fingerprint density at radius 1 is 0.306 bits per heavy atom. The first kappa shape index (κ1) is 40.3. The van der Waals surface area contributed by atoms with Crippen LogP contribution in [0.2, 0.25) is 0 Å². The Kier molecular flexibility index (Phi) is 8.92. The fraction of sp³-hybridized carbons (Fsp3) is 0. The molecule has 3 aromatic heterocycles. The van der Waals surface area contributed by atoms with E-state index in [1.54, 1.807) is 0 Å². The minimum absolute atomic E-state index is 0.867. The summed E-state index contributed by atoms with van der Waals surface area (Å²) in [6.07, 6.45) is 0. The van der Waals surface area contributed by atoms with Crippen molar-refractivity contribution in [1.82, 2.24) is 4.57 Å². The molecular formula is C68H42N2O2. The number of anilines is 3. The minimum Gasteiger partial charge on any atom is -0.455 e. The minimum atomic E-state index is 0.867. The van der Waals surface area contributed by atoms with E-state index in [4.69, 9.17) is 8.83 Å². The van der Waals surface area contributed by atoms with Crippen molar-refractivity contribution in [2.75, 3.05) is 4.90 Å². The number of fused-ring (bicyclic) bond motifs is 13. The number of aromatic nitrogens is 1. The summed E-state index contributed by atoms with van der Waals surface area (Å²) in [5.41, 5.74) is 17.0. The van der Waals surface area contributed by atoms with Crippen molar-refractivity contribution < 1.29 is 8.83 Å². The van der Waals surface area contributed by atoms with Gasteiger partial charge in [0.15, 0.2) is 0 Å². The molecule has 0 unspecified atom stereocenters. The van der Waals surface area contributed by atoms with Gasteiger partial charge in [-0.1, -0.05) is 176 Å². The van der Waals surface area contributed by atoms with Crippen LogP contribution < -0.4 is 4.90 Å². The predicted octanol–water partition coefficient (Wildman–Crippen LogP) is 19.4. The number of para-hydroxylation sites is 3. The molecule has 0 fully saturated rings. The lowest BCUT2D eigenvalue weighted by Gasteiger charge is -2.28. The molecule has 4 nitrogen and oxygen atoms in total. The lowest BCUT2D eigenvalue weighted by molar-refractivity contribution is 0.672. The molecule has 0 aliphatic heterocycles. The first-order valence-electron chi connectivity index (χ1n) is 24.6. The lowest BCUT2D eigenvalue weighted by Crippen LogP contribution is -2.11. The highest BCUT2D eigenvalue weighted by Crippen LogP contribution is 2.47. The molecule has 12 aromatic carbocycles. The van der Waals surface area contributed by atoms with Crippen molar-refractivity contribution in [3.63, 3.8) is 0 Å². The van der Waals surface area contributed by atoms with E-state index in [9.17, 15) is 0 Å².